The zero-order valence-electron chi connectivity index (χ0n) is 20.9. The summed E-state index contributed by atoms with van der Waals surface area (Å²) in [5, 5.41) is 3.35. The van der Waals surface area contributed by atoms with Gasteiger partial charge in [-0.15, -0.1) is 0 Å². The predicted octanol–water partition coefficient (Wildman–Crippen LogP) is 1.54. The fourth-order valence-corrected chi connectivity index (χ4v) is 4.98. The van der Waals surface area contributed by atoms with Gasteiger partial charge in [0.05, 0.1) is 25.3 Å². The molecule has 0 aromatic rings. The normalized spacial score (nSPS) is 25.9. The van der Waals surface area contributed by atoms with Gasteiger partial charge in [-0.05, 0) is 38.8 Å². The Bertz CT molecular complexity index is 636. The van der Waals surface area contributed by atoms with E-state index in [0.29, 0.717) is 63.9 Å². The molecule has 3 heterocycles. The highest BCUT2D eigenvalue weighted by Crippen LogP contribution is 2.32. The molecule has 2 amide bonds. The number of hydrogen-bond acceptors (Lipinski definition) is 6. The average Bonchev–Trinajstić information content (AvgIpc) is 2.74. The molecule has 3 saturated heterocycles. The van der Waals surface area contributed by atoms with E-state index in [-0.39, 0.29) is 29.9 Å². The maximum atomic E-state index is 13.6. The second-order valence-electron chi connectivity index (χ2n) is 10.8. The first-order chi connectivity index (χ1) is 15.1. The maximum absolute atomic E-state index is 13.6. The van der Waals surface area contributed by atoms with Crippen molar-refractivity contribution in [1.29, 1.82) is 0 Å². The number of amides is 2. The molecular formula is C24H44N4O4. The number of nitrogens with zero attached hydrogens (tertiary/aromatic N) is 3. The van der Waals surface area contributed by atoms with Gasteiger partial charge in [0.1, 0.15) is 6.04 Å². The first-order valence-electron chi connectivity index (χ1n) is 12.4. The zero-order valence-corrected chi connectivity index (χ0v) is 20.9. The fourth-order valence-electron chi connectivity index (χ4n) is 4.98. The van der Waals surface area contributed by atoms with Crippen LogP contribution in [-0.2, 0) is 19.1 Å². The molecule has 3 fully saturated rings. The molecule has 0 bridgehead atoms. The summed E-state index contributed by atoms with van der Waals surface area (Å²) in [6, 6.07) is -0.308. The van der Waals surface area contributed by atoms with Crippen molar-refractivity contribution in [1.82, 2.24) is 20.0 Å². The number of nitrogens with one attached hydrogen (secondary N) is 1. The maximum Gasteiger partial charge on any atom is 0.245 e. The van der Waals surface area contributed by atoms with E-state index in [0.717, 1.165) is 13.0 Å². The highest BCUT2D eigenvalue weighted by Gasteiger charge is 2.44. The molecule has 184 valence electrons. The van der Waals surface area contributed by atoms with Gasteiger partial charge in [-0.1, -0.05) is 27.7 Å². The van der Waals surface area contributed by atoms with Crippen LogP contribution in [0.25, 0.3) is 0 Å². The molecule has 8 heteroatoms. The number of hydrogen-bond donors (Lipinski definition) is 1. The number of piperidine rings is 1. The van der Waals surface area contributed by atoms with Crippen LogP contribution in [0.5, 0.6) is 0 Å². The van der Waals surface area contributed by atoms with Crippen LogP contribution in [0.15, 0.2) is 0 Å². The van der Waals surface area contributed by atoms with Crippen molar-refractivity contribution in [2.24, 2.45) is 11.8 Å². The Morgan fingerprint density at radius 3 is 2.25 bits per heavy atom. The Kier molecular flexibility index (Phi) is 8.58. The van der Waals surface area contributed by atoms with Gasteiger partial charge in [-0.2, -0.15) is 0 Å². The lowest BCUT2D eigenvalue weighted by Gasteiger charge is -2.47. The molecule has 3 aliphatic rings. The van der Waals surface area contributed by atoms with Crippen molar-refractivity contribution in [2.75, 3.05) is 53.5 Å². The van der Waals surface area contributed by atoms with Gasteiger partial charge in [0, 0.05) is 39.0 Å². The van der Waals surface area contributed by atoms with Gasteiger partial charge in [0.15, 0.2) is 5.79 Å². The molecule has 8 nitrogen and oxygen atoms in total. The standard InChI is InChI=1S/C24H44N4O4/c1-17(2)13-20-22(29)28(12-9-25-20)21(14-18(3)4)23(30)27-10-7-24(8-11-27)31-15-19(16-32-24)26(5)6/h17-21,25H,7-16H2,1-6H3/t20-,21?/m0/s1. The van der Waals surface area contributed by atoms with E-state index in [4.69, 9.17) is 9.47 Å². The molecule has 0 aromatic heterocycles. The van der Waals surface area contributed by atoms with Gasteiger partial charge in [-0.25, -0.2) is 0 Å². The number of carbonyl (C=O) groups is 2. The van der Waals surface area contributed by atoms with E-state index in [1.807, 2.05) is 23.9 Å². The smallest absolute Gasteiger partial charge is 0.245 e. The Hall–Kier alpha value is -1.22. The van der Waals surface area contributed by atoms with Crippen LogP contribution in [0.4, 0.5) is 0 Å². The highest BCUT2D eigenvalue weighted by atomic mass is 16.7. The minimum absolute atomic E-state index is 0.0751. The van der Waals surface area contributed by atoms with Crippen molar-refractivity contribution in [3.05, 3.63) is 0 Å². The molecule has 3 rings (SSSR count). The van der Waals surface area contributed by atoms with Crippen LogP contribution in [0.3, 0.4) is 0 Å². The second-order valence-corrected chi connectivity index (χ2v) is 10.8. The monoisotopic (exact) mass is 452 g/mol. The lowest BCUT2D eigenvalue weighted by atomic mass is 9.95. The van der Waals surface area contributed by atoms with Crippen molar-refractivity contribution in [3.8, 4) is 0 Å². The van der Waals surface area contributed by atoms with Crippen LogP contribution in [0.1, 0.15) is 53.4 Å². The molecule has 32 heavy (non-hydrogen) atoms. The number of likely N-dealkylation sites (tertiary alicyclic amines) is 1. The lowest BCUT2D eigenvalue weighted by molar-refractivity contribution is -0.296. The first-order valence-corrected chi connectivity index (χ1v) is 12.4. The van der Waals surface area contributed by atoms with Gasteiger partial charge >= 0.3 is 0 Å². The molecular weight excluding hydrogens is 408 g/mol. The van der Waals surface area contributed by atoms with Crippen LogP contribution in [0, 0.1) is 11.8 Å². The minimum Gasteiger partial charge on any atom is -0.348 e. The van der Waals surface area contributed by atoms with Gasteiger partial charge < -0.3 is 29.5 Å². The van der Waals surface area contributed by atoms with E-state index >= 15 is 0 Å². The van der Waals surface area contributed by atoms with Crippen molar-refractivity contribution >= 4 is 11.8 Å². The number of ether oxygens (including phenoxy) is 2. The Balaban J connectivity index is 1.64. The topological polar surface area (TPSA) is 74.4 Å². The summed E-state index contributed by atoms with van der Waals surface area (Å²) in [4.78, 5) is 32.8. The lowest BCUT2D eigenvalue weighted by Crippen LogP contribution is -2.63. The summed E-state index contributed by atoms with van der Waals surface area (Å²) in [6.07, 6.45) is 2.85. The molecule has 0 radical (unpaired) electrons. The average molecular weight is 453 g/mol. The third kappa shape index (κ3) is 6.01. The summed E-state index contributed by atoms with van der Waals surface area (Å²) >= 11 is 0. The molecule has 2 atom stereocenters. The Morgan fingerprint density at radius 1 is 1.09 bits per heavy atom. The van der Waals surface area contributed by atoms with Crippen LogP contribution in [-0.4, -0.2) is 104 Å². The van der Waals surface area contributed by atoms with E-state index in [1.54, 1.807) is 0 Å². The molecule has 1 spiro atoms. The van der Waals surface area contributed by atoms with E-state index in [2.05, 4.69) is 37.9 Å². The number of likely N-dealkylation sites (N-methyl/N-ethyl adjacent to an activating group) is 1. The van der Waals surface area contributed by atoms with Crippen molar-refractivity contribution in [3.63, 3.8) is 0 Å². The van der Waals surface area contributed by atoms with Crippen LogP contribution < -0.4 is 5.32 Å². The highest BCUT2D eigenvalue weighted by molar-refractivity contribution is 5.90. The Labute approximate surface area is 193 Å². The van der Waals surface area contributed by atoms with Gasteiger partial charge in [0.25, 0.3) is 0 Å². The van der Waals surface area contributed by atoms with Crippen molar-refractivity contribution in [2.45, 2.75) is 77.3 Å². The molecule has 0 aliphatic carbocycles. The molecule has 1 unspecified atom stereocenters. The first kappa shape index (κ1) is 25.4. The Morgan fingerprint density at radius 2 is 1.72 bits per heavy atom. The zero-order chi connectivity index (χ0) is 23.5. The van der Waals surface area contributed by atoms with Crippen molar-refractivity contribution < 1.29 is 19.1 Å². The minimum atomic E-state index is -0.565. The summed E-state index contributed by atoms with van der Waals surface area (Å²) in [5.74, 6) is 0.348. The third-order valence-electron chi connectivity index (χ3n) is 7.03. The predicted molar refractivity (Wildman–Crippen MR) is 124 cm³/mol. The van der Waals surface area contributed by atoms with E-state index in [9.17, 15) is 9.59 Å². The number of piperazine rings is 1. The molecule has 3 aliphatic heterocycles. The quantitative estimate of drug-likeness (QED) is 0.632. The van der Waals surface area contributed by atoms with Crippen LogP contribution >= 0.6 is 0 Å². The summed E-state index contributed by atoms with van der Waals surface area (Å²) in [6.45, 7) is 12.4. The summed E-state index contributed by atoms with van der Waals surface area (Å²) < 4.78 is 12.3. The van der Waals surface area contributed by atoms with Gasteiger partial charge in [0.2, 0.25) is 11.8 Å². The van der Waals surface area contributed by atoms with E-state index in [1.165, 1.54) is 0 Å². The molecule has 1 N–H and O–H groups in total. The fraction of sp³-hybridized carbons (Fsp3) is 0.917. The number of carbonyl (C=O) groups excluding carboxylic acids is 2. The largest absolute Gasteiger partial charge is 0.348 e. The molecule has 0 saturated carbocycles. The third-order valence-corrected chi connectivity index (χ3v) is 7.03. The van der Waals surface area contributed by atoms with Crippen LogP contribution in [0.2, 0.25) is 0 Å². The number of rotatable bonds is 7. The SMILES string of the molecule is CC(C)CC(C(=O)N1CCC2(CC1)OCC(N(C)C)CO2)N1CCN[C@@H](CC(C)C)C1=O. The second kappa shape index (κ2) is 10.8. The van der Waals surface area contributed by atoms with E-state index < -0.39 is 5.79 Å². The summed E-state index contributed by atoms with van der Waals surface area (Å²) in [5.41, 5.74) is 0. The molecule has 0 aromatic carbocycles. The van der Waals surface area contributed by atoms with Gasteiger partial charge in [-0.3, -0.25) is 9.59 Å². The summed E-state index contributed by atoms with van der Waals surface area (Å²) in [7, 11) is 4.07.